The van der Waals surface area contributed by atoms with Crippen molar-refractivity contribution >= 4 is 29.3 Å². The molecular formula is C63H105N3O18. The maximum absolute atomic E-state index is 14.6. The number of aliphatic hydroxyl groups excluding tert-OH is 3. The van der Waals surface area contributed by atoms with Crippen molar-refractivity contribution in [3.8, 4) is 0 Å². The molecule has 2 saturated heterocycles. The van der Waals surface area contributed by atoms with Crippen LogP contribution in [-0.4, -0.2) is 209 Å². The molecule has 3 heterocycles. The summed E-state index contributed by atoms with van der Waals surface area (Å²) in [6.07, 6.45) is 10.6. The van der Waals surface area contributed by atoms with E-state index in [0.717, 1.165) is 12.0 Å². The molecule has 3 aliphatic heterocycles. The molecule has 5 N–H and O–H groups in total. The van der Waals surface area contributed by atoms with Crippen LogP contribution in [0.2, 0.25) is 0 Å². The standard InChI is InChI=1S/C63H105N3O18/c1-12-78-28-29-80-32-33-81-31-30-79-27-25-64-56(69)40-82-65-57-45(6)34-41(2)18-14-13-15-19-42(3)53(75-9)38-49-23-21-47(8)63(74,84-49)60(71)61(72)66-26-17-16-20-50(66)62(73)83-54(44(5)36-48-22-24-51(67)55(37-48)76-10)39-52(68)43(4)35-46(7)58(70)59(57)77-11/h13-15,18-19,35,41,43-45,47-55,58-59,67-68,70,74H,12,16-17,20-34,36-40H2,1-11H3,(H,64,69)/b15-13+,18-14+,42-19+,46-35+,65-57+/t41-,43-,44-,45-,47-,48+,49+,50+,51-,52-,53+,54+,55-,58-,59+,63-/m1/s1. The van der Waals surface area contributed by atoms with Crippen LogP contribution in [0.5, 0.6) is 0 Å². The molecule has 0 spiro atoms. The number of cyclic esters (lactones) is 1. The molecule has 0 unspecified atom stereocenters. The van der Waals surface area contributed by atoms with Crippen LogP contribution in [0, 0.1) is 35.5 Å². The van der Waals surface area contributed by atoms with Gasteiger partial charge in [-0.15, -0.1) is 0 Å². The number of ether oxygens (including phenoxy) is 9. The van der Waals surface area contributed by atoms with E-state index in [4.69, 9.17) is 47.5 Å². The van der Waals surface area contributed by atoms with E-state index in [9.17, 15) is 39.6 Å². The molecule has 4 aliphatic rings. The van der Waals surface area contributed by atoms with Gasteiger partial charge >= 0.3 is 5.97 Å². The number of amides is 2. The van der Waals surface area contributed by atoms with Crippen molar-refractivity contribution in [2.75, 3.05) is 93.9 Å². The minimum absolute atomic E-state index is 0.00712. The summed E-state index contributed by atoms with van der Waals surface area (Å²) in [4.78, 5) is 63.2. The third-order valence-corrected chi connectivity index (χ3v) is 16.9. The number of carbonyl (C=O) groups excluding carboxylic acids is 4. The number of esters is 1. The average Bonchev–Trinajstić information content (AvgIpc) is 3.66. The van der Waals surface area contributed by atoms with Gasteiger partial charge in [0, 0.05) is 71.6 Å². The number of fused-ring (bicyclic) bond motifs is 3. The number of rotatable bonds is 22. The number of aliphatic hydroxyl groups is 4. The predicted octanol–water partition coefficient (Wildman–Crippen LogP) is 5.98. The number of Topliss-reactive ketones (excluding diaryl/α,β-unsaturated/α-hetero) is 1. The summed E-state index contributed by atoms with van der Waals surface area (Å²) < 4.78 is 51.9. The van der Waals surface area contributed by atoms with Crippen molar-refractivity contribution < 1.29 is 87.1 Å². The van der Waals surface area contributed by atoms with Crippen molar-refractivity contribution in [3.05, 3.63) is 47.6 Å². The molecule has 480 valence electrons. The van der Waals surface area contributed by atoms with Crippen LogP contribution in [0.1, 0.15) is 132 Å². The Morgan fingerprint density at radius 3 is 2.15 bits per heavy atom. The molecule has 4 rings (SSSR count). The number of carbonyl (C=O) groups is 4. The number of piperidine rings is 1. The largest absolute Gasteiger partial charge is 0.460 e. The molecule has 21 nitrogen and oxygen atoms in total. The Morgan fingerprint density at radius 1 is 0.798 bits per heavy atom. The normalized spacial score (nSPS) is 35.2. The van der Waals surface area contributed by atoms with Crippen LogP contribution in [0.15, 0.2) is 52.8 Å². The van der Waals surface area contributed by atoms with Crippen LogP contribution in [0.3, 0.4) is 0 Å². The van der Waals surface area contributed by atoms with Crippen LogP contribution >= 0.6 is 0 Å². The summed E-state index contributed by atoms with van der Waals surface area (Å²) >= 11 is 0. The summed E-state index contributed by atoms with van der Waals surface area (Å²) in [6.45, 7) is 18.5. The third kappa shape index (κ3) is 23.3. The minimum Gasteiger partial charge on any atom is -0.460 e. The summed E-state index contributed by atoms with van der Waals surface area (Å²) in [7, 11) is 4.61. The summed E-state index contributed by atoms with van der Waals surface area (Å²) in [5.41, 5.74) is 1.69. The van der Waals surface area contributed by atoms with E-state index in [1.54, 1.807) is 41.1 Å². The Bertz CT molecular complexity index is 2140. The monoisotopic (exact) mass is 1190 g/mol. The van der Waals surface area contributed by atoms with Crippen LogP contribution < -0.4 is 5.32 Å². The van der Waals surface area contributed by atoms with Gasteiger partial charge in [0.2, 0.25) is 5.79 Å². The van der Waals surface area contributed by atoms with Crippen molar-refractivity contribution in [2.24, 2.45) is 40.7 Å². The molecule has 2 amide bonds. The van der Waals surface area contributed by atoms with E-state index in [1.165, 1.54) is 12.0 Å². The molecule has 3 fully saturated rings. The highest BCUT2D eigenvalue weighted by Crippen LogP contribution is 2.38. The Kier molecular flexibility index (Phi) is 33.1. The van der Waals surface area contributed by atoms with Gasteiger partial charge in [-0.05, 0) is 114 Å². The maximum atomic E-state index is 14.6. The second-order valence-electron chi connectivity index (χ2n) is 23.6. The Morgan fingerprint density at radius 2 is 1.49 bits per heavy atom. The molecule has 84 heavy (non-hydrogen) atoms. The van der Waals surface area contributed by atoms with Crippen molar-refractivity contribution in [3.63, 3.8) is 0 Å². The highest BCUT2D eigenvalue weighted by molar-refractivity contribution is 6.39. The van der Waals surface area contributed by atoms with E-state index < -0.39 is 96.6 Å². The summed E-state index contributed by atoms with van der Waals surface area (Å²) in [5, 5.41) is 54.1. The highest BCUT2D eigenvalue weighted by Gasteiger charge is 2.53. The zero-order valence-electron chi connectivity index (χ0n) is 52.3. The van der Waals surface area contributed by atoms with Gasteiger partial charge in [-0.1, -0.05) is 76.2 Å². The molecule has 1 saturated carbocycles. The first-order valence-electron chi connectivity index (χ1n) is 30.7. The van der Waals surface area contributed by atoms with E-state index in [-0.39, 0.29) is 62.3 Å². The molecule has 16 atom stereocenters. The van der Waals surface area contributed by atoms with Gasteiger partial charge in [-0.3, -0.25) is 14.4 Å². The maximum Gasteiger partial charge on any atom is 0.329 e. The fourth-order valence-corrected chi connectivity index (χ4v) is 11.7. The molecule has 2 bridgehead atoms. The summed E-state index contributed by atoms with van der Waals surface area (Å²) in [6, 6.07) is -1.14. The van der Waals surface area contributed by atoms with Gasteiger partial charge in [-0.25, -0.2) is 4.79 Å². The van der Waals surface area contributed by atoms with Crippen molar-refractivity contribution in [2.45, 2.75) is 193 Å². The van der Waals surface area contributed by atoms with Gasteiger partial charge in [0.15, 0.2) is 6.61 Å². The number of oxime groups is 1. The van der Waals surface area contributed by atoms with Gasteiger partial charge in [0.1, 0.15) is 24.4 Å². The van der Waals surface area contributed by atoms with Crippen LogP contribution in [0.4, 0.5) is 0 Å². The summed E-state index contributed by atoms with van der Waals surface area (Å²) in [5.74, 6) is -7.61. The predicted molar refractivity (Wildman–Crippen MR) is 316 cm³/mol. The number of hydrogen-bond acceptors (Lipinski definition) is 19. The van der Waals surface area contributed by atoms with Gasteiger partial charge in [0.25, 0.3) is 17.6 Å². The van der Waals surface area contributed by atoms with Crippen molar-refractivity contribution in [1.29, 1.82) is 0 Å². The minimum atomic E-state index is -2.44. The second-order valence-corrected chi connectivity index (χ2v) is 23.6. The lowest BCUT2D eigenvalue weighted by Crippen LogP contribution is -2.61. The lowest BCUT2D eigenvalue weighted by atomic mass is 9.78. The van der Waals surface area contributed by atoms with Crippen molar-refractivity contribution in [1.82, 2.24) is 10.2 Å². The van der Waals surface area contributed by atoms with E-state index in [2.05, 4.69) is 10.5 Å². The molecule has 21 heteroatoms. The number of hydrogen-bond donors (Lipinski definition) is 5. The zero-order valence-corrected chi connectivity index (χ0v) is 52.3. The molecule has 0 aromatic rings. The fourth-order valence-electron chi connectivity index (χ4n) is 11.7. The number of allylic oxidation sites excluding steroid dienone is 5. The van der Waals surface area contributed by atoms with Gasteiger partial charge in [0.05, 0.1) is 82.5 Å². The molecule has 1 aliphatic carbocycles. The van der Waals surface area contributed by atoms with E-state index in [1.807, 2.05) is 65.0 Å². The van der Waals surface area contributed by atoms with Crippen LogP contribution in [-0.2, 0) is 66.6 Å². The topological polar surface area (TPSA) is 269 Å². The highest BCUT2D eigenvalue weighted by atomic mass is 16.6. The molecular weight excluding hydrogens is 1090 g/mol. The smallest absolute Gasteiger partial charge is 0.329 e. The number of methoxy groups -OCH3 is 3. The van der Waals surface area contributed by atoms with Gasteiger partial charge in [-0.2, -0.15) is 0 Å². The van der Waals surface area contributed by atoms with E-state index >= 15 is 0 Å². The fraction of sp³-hybridized carbons (Fsp3) is 0.794. The number of ketones is 1. The lowest BCUT2D eigenvalue weighted by molar-refractivity contribution is -0.265. The third-order valence-electron chi connectivity index (χ3n) is 16.9. The van der Waals surface area contributed by atoms with Crippen LogP contribution in [0.25, 0.3) is 0 Å². The number of nitrogens with zero attached hydrogens (tertiary/aromatic N) is 2. The second kappa shape index (κ2) is 38.3. The van der Waals surface area contributed by atoms with Gasteiger partial charge < -0.3 is 78.1 Å². The zero-order chi connectivity index (χ0) is 61.8. The van der Waals surface area contributed by atoms with E-state index in [0.29, 0.717) is 115 Å². The average molecular weight is 1190 g/mol. The number of nitrogens with one attached hydrogen (secondary N) is 1. The molecule has 0 aromatic carbocycles. The quantitative estimate of drug-likeness (QED) is 0.0274. The first-order valence-corrected chi connectivity index (χ1v) is 30.7. The molecule has 0 radical (unpaired) electrons. The first kappa shape index (κ1) is 72.5. The lowest BCUT2D eigenvalue weighted by Gasteiger charge is -2.43. The Hall–Kier alpha value is -3.97. The molecule has 0 aromatic heterocycles. The Labute approximate surface area is 500 Å². The first-order chi connectivity index (χ1) is 40.2. The Balaban J connectivity index is 1.63. The SMILES string of the molecule is CCOCCOCCOCCOCCNC(=O)CO/N=C1\[C@H](C)C[C@H](C)/C=C/C=C/C=C(\C)[C@@H](OC)C[C@@H]2CC[C@@H](C)[C@@](O)(O2)C(=O)C(=O)N2CCCC[C@H]2C(=O)O[C@H]([C@H](C)C[C@@H]2CC[C@@H](O)[C@H](OC)C2)C[C@@H](O)[C@H](C)/C=C(\C)[C@@H](O)[C@H]1OC.